The van der Waals surface area contributed by atoms with Gasteiger partial charge in [-0.15, -0.1) is 0 Å². The number of fused-ring (bicyclic) bond motifs is 2. The van der Waals surface area contributed by atoms with E-state index in [9.17, 15) is 12.8 Å². The quantitative estimate of drug-likeness (QED) is 0.322. The third-order valence-electron chi connectivity index (χ3n) is 6.34. The summed E-state index contributed by atoms with van der Waals surface area (Å²) in [6, 6.07) is 12.0. The van der Waals surface area contributed by atoms with Crippen LogP contribution >= 0.6 is 0 Å². The fraction of sp³-hybridized carbons (Fsp3) is 0.148. The highest BCUT2D eigenvalue weighted by Crippen LogP contribution is 2.32. The second kappa shape index (κ2) is 9.10. The monoisotopic (exact) mass is 527 g/mol. The minimum absolute atomic E-state index is 0.0696. The summed E-state index contributed by atoms with van der Waals surface area (Å²) in [6.45, 7) is 2.01. The zero-order valence-electron chi connectivity index (χ0n) is 20.5. The fourth-order valence-electron chi connectivity index (χ4n) is 4.44. The summed E-state index contributed by atoms with van der Waals surface area (Å²) in [5, 5.41) is 7.47. The van der Waals surface area contributed by atoms with Crippen molar-refractivity contribution in [1.29, 1.82) is 0 Å². The Hall–Kier alpha value is -4.51. The van der Waals surface area contributed by atoms with Gasteiger partial charge in [0.15, 0.2) is 11.5 Å². The van der Waals surface area contributed by atoms with E-state index in [-0.39, 0.29) is 12.2 Å². The lowest BCUT2D eigenvalue weighted by Gasteiger charge is -2.06. The first kappa shape index (κ1) is 23.9. The number of nitrogens with zero attached hydrogens (tertiary/aromatic N) is 5. The van der Waals surface area contributed by atoms with Crippen molar-refractivity contribution in [2.24, 2.45) is 0 Å². The second-order valence-electron chi connectivity index (χ2n) is 9.22. The van der Waals surface area contributed by atoms with Gasteiger partial charge in [0.2, 0.25) is 0 Å². The summed E-state index contributed by atoms with van der Waals surface area (Å²) < 4.78 is 37.7. The van der Waals surface area contributed by atoms with Crippen LogP contribution in [0.2, 0.25) is 0 Å². The van der Waals surface area contributed by atoms with Gasteiger partial charge < -0.3 is 4.98 Å². The number of hydrogen-bond donors (Lipinski definition) is 2. The molecular weight excluding hydrogens is 505 g/mol. The van der Waals surface area contributed by atoms with Crippen molar-refractivity contribution in [2.45, 2.75) is 13.3 Å². The first-order chi connectivity index (χ1) is 18.2. The minimum atomic E-state index is -3.19. The van der Waals surface area contributed by atoms with Gasteiger partial charge in [0.25, 0.3) is 0 Å². The second-order valence-corrected chi connectivity index (χ2v) is 11.5. The molecule has 5 aromatic heterocycles. The number of aromatic amines is 2. The molecule has 1 aromatic carbocycles. The fourth-order valence-corrected chi connectivity index (χ4v) is 5.05. The molecule has 0 fully saturated rings. The van der Waals surface area contributed by atoms with E-state index in [0.29, 0.717) is 44.9 Å². The summed E-state index contributed by atoms with van der Waals surface area (Å²) in [5.41, 5.74) is 7.49. The molecule has 190 valence electrons. The SMILES string of the molecule is Cc1ccncc1-c1ccc2[nH]nc(-c3nc4c(-c5cc(F)cc(CCS(C)(=O)=O)c5)nccc4[nH]3)c2n1. The average molecular weight is 528 g/mol. The highest BCUT2D eigenvalue weighted by molar-refractivity contribution is 7.90. The number of H-pyrrole nitrogens is 2. The van der Waals surface area contributed by atoms with Gasteiger partial charge in [0.05, 0.1) is 28.2 Å². The molecule has 0 aliphatic heterocycles. The molecule has 0 radical (unpaired) electrons. The van der Waals surface area contributed by atoms with Crippen LogP contribution in [0.1, 0.15) is 11.1 Å². The zero-order valence-corrected chi connectivity index (χ0v) is 21.3. The summed E-state index contributed by atoms with van der Waals surface area (Å²) in [5.74, 6) is -0.0529. The number of hydrogen-bond acceptors (Lipinski definition) is 7. The molecule has 0 bridgehead atoms. The molecule has 0 atom stereocenters. The summed E-state index contributed by atoms with van der Waals surface area (Å²) in [4.78, 5) is 21.6. The number of pyridine rings is 3. The molecule has 9 nitrogen and oxygen atoms in total. The van der Waals surface area contributed by atoms with Gasteiger partial charge in [0, 0.05) is 36.0 Å². The maximum atomic E-state index is 14.5. The van der Waals surface area contributed by atoms with E-state index in [2.05, 4.69) is 25.1 Å². The molecule has 38 heavy (non-hydrogen) atoms. The van der Waals surface area contributed by atoms with Crippen LogP contribution in [0.3, 0.4) is 0 Å². The number of aryl methyl sites for hydroxylation is 2. The number of rotatable bonds is 6. The smallest absolute Gasteiger partial charge is 0.161 e. The van der Waals surface area contributed by atoms with Crippen molar-refractivity contribution < 1.29 is 12.8 Å². The summed E-state index contributed by atoms with van der Waals surface area (Å²) in [7, 11) is -3.19. The minimum Gasteiger partial charge on any atom is -0.336 e. The van der Waals surface area contributed by atoms with Crippen LogP contribution in [-0.2, 0) is 16.3 Å². The van der Waals surface area contributed by atoms with E-state index in [4.69, 9.17) is 9.97 Å². The molecule has 0 spiro atoms. The molecule has 0 saturated heterocycles. The molecule has 6 aromatic rings. The number of halogens is 1. The van der Waals surface area contributed by atoms with Crippen molar-refractivity contribution in [3.8, 4) is 34.0 Å². The van der Waals surface area contributed by atoms with Crippen molar-refractivity contribution >= 4 is 31.9 Å². The van der Waals surface area contributed by atoms with Crippen LogP contribution in [0.15, 0.2) is 61.1 Å². The van der Waals surface area contributed by atoms with Gasteiger partial charge in [-0.3, -0.25) is 15.1 Å². The topological polar surface area (TPSA) is 130 Å². The third kappa shape index (κ3) is 4.52. The molecule has 0 amide bonds. The highest BCUT2D eigenvalue weighted by Gasteiger charge is 2.18. The Morgan fingerprint density at radius 3 is 2.61 bits per heavy atom. The molecule has 0 saturated carbocycles. The van der Waals surface area contributed by atoms with Crippen molar-refractivity contribution in [3.05, 3.63) is 78.0 Å². The number of aromatic nitrogens is 7. The van der Waals surface area contributed by atoms with E-state index < -0.39 is 15.7 Å². The van der Waals surface area contributed by atoms with E-state index in [1.54, 1.807) is 30.7 Å². The van der Waals surface area contributed by atoms with Crippen LogP contribution in [-0.4, -0.2) is 55.5 Å². The predicted octanol–water partition coefficient (Wildman–Crippen LogP) is 4.66. The van der Waals surface area contributed by atoms with E-state index in [1.807, 2.05) is 25.1 Å². The van der Waals surface area contributed by atoms with Gasteiger partial charge >= 0.3 is 0 Å². The Kier molecular flexibility index (Phi) is 5.72. The normalized spacial score (nSPS) is 12.0. The molecule has 11 heteroatoms. The van der Waals surface area contributed by atoms with E-state index in [1.165, 1.54) is 12.1 Å². The van der Waals surface area contributed by atoms with Crippen LogP contribution < -0.4 is 0 Å². The number of nitrogens with one attached hydrogen (secondary N) is 2. The van der Waals surface area contributed by atoms with Gasteiger partial charge in [-0.1, -0.05) is 0 Å². The summed E-state index contributed by atoms with van der Waals surface area (Å²) >= 11 is 0. The standard InChI is InChI=1S/C27H22FN7O2S/c1-15-5-8-29-14-19(15)20-3-4-22-25(31-20)26(35-34-22)27-32-21-6-9-30-23(24(21)33-27)17-11-16(12-18(28)13-17)7-10-38(2,36)37/h3-6,8-9,11-14H,7,10H2,1-2H3,(H,32,33)(H,34,35). The zero-order chi connectivity index (χ0) is 26.4. The first-order valence-corrected chi connectivity index (χ1v) is 13.9. The lowest BCUT2D eigenvalue weighted by atomic mass is 10.0. The summed E-state index contributed by atoms with van der Waals surface area (Å²) in [6.07, 6.45) is 6.51. The Morgan fingerprint density at radius 2 is 1.79 bits per heavy atom. The van der Waals surface area contributed by atoms with Gasteiger partial charge in [0.1, 0.15) is 26.7 Å². The molecule has 5 heterocycles. The van der Waals surface area contributed by atoms with Crippen molar-refractivity contribution in [1.82, 2.24) is 35.1 Å². The van der Waals surface area contributed by atoms with Crippen LogP contribution in [0.4, 0.5) is 4.39 Å². The van der Waals surface area contributed by atoms with Crippen LogP contribution in [0, 0.1) is 12.7 Å². The van der Waals surface area contributed by atoms with Gasteiger partial charge in [-0.05, 0) is 66.9 Å². The Morgan fingerprint density at radius 1 is 0.947 bits per heavy atom. The lowest BCUT2D eigenvalue weighted by molar-refractivity contribution is 0.600. The molecule has 6 rings (SSSR count). The third-order valence-corrected chi connectivity index (χ3v) is 7.29. The number of benzene rings is 1. The van der Waals surface area contributed by atoms with Crippen LogP contribution in [0.5, 0.6) is 0 Å². The van der Waals surface area contributed by atoms with E-state index in [0.717, 1.165) is 28.6 Å². The van der Waals surface area contributed by atoms with Crippen molar-refractivity contribution in [3.63, 3.8) is 0 Å². The van der Waals surface area contributed by atoms with Crippen LogP contribution in [0.25, 0.3) is 56.1 Å². The highest BCUT2D eigenvalue weighted by atomic mass is 32.2. The van der Waals surface area contributed by atoms with Gasteiger partial charge in [-0.2, -0.15) is 5.10 Å². The molecule has 0 aliphatic rings. The number of sulfone groups is 1. The Balaban J connectivity index is 1.44. The molecular formula is C27H22FN7O2S. The first-order valence-electron chi connectivity index (χ1n) is 11.8. The van der Waals surface area contributed by atoms with Crippen molar-refractivity contribution in [2.75, 3.05) is 12.0 Å². The average Bonchev–Trinajstić information content (AvgIpc) is 3.50. The largest absolute Gasteiger partial charge is 0.336 e. The molecule has 2 N–H and O–H groups in total. The van der Waals surface area contributed by atoms with E-state index >= 15 is 0 Å². The molecule has 0 aliphatic carbocycles. The predicted molar refractivity (Wildman–Crippen MR) is 144 cm³/mol. The Labute approximate surface area is 217 Å². The maximum Gasteiger partial charge on any atom is 0.161 e. The van der Waals surface area contributed by atoms with Gasteiger partial charge in [-0.25, -0.2) is 22.8 Å². The molecule has 0 unspecified atom stereocenters. The lowest BCUT2D eigenvalue weighted by Crippen LogP contribution is -2.06. The Bertz CT molecular complexity index is 1950. The maximum absolute atomic E-state index is 14.5. The number of imidazole rings is 1.